The maximum absolute atomic E-state index is 12.1. The number of rotatable bonds is 7. The van der Waals surface area contributed by atoms with Crippen LogP contribution in [0.15, 0.2) is 42.5 Å². The molecule has 2 rings (SSSR count). The molecule has 0 saturated carbocycles. The predicted molar refractivity (Wildman–Crippen MR) is 98.2 cm³/mol. The summed E-state index contributed by atoms with van der Waals surface area (Å²) in [6.45, 7) is 2.50. The normalized spacial score (nSPS) is 10.6. The van der Waals surface area contributed by atoms with Crippen LogP contribution in [0.3, 0.4) is 0 Å². The minimum atomic E-state index is -0.180. The van der Waals surface area contributed by atoms with Gasteiger partial charge < -0.3 is 19.5 Å². The first-order valence-electron chi connectivity index (χ1n) is 7.90. The van der Waals surface area contributed by atoms with Crippen molar-refractivity contribution in [3.8, 4) is 17.2 Å². The molecule has 0 radical (unpaired) electrons. The Bertz CT molecular complexity index is 768. The molecule has 0 saturated heterocycles. The number of carbonyl (C=O) groups is 1. The maximum Gasteiger partial charge on any atom is 0.244 e. The average molecular weight is 341 g/mol. The molecule has 0 heterocycles. The average Bonchev–Trinajstić information content (AvgIpc) is 2.64. The first kappa shape index (κ1) is 18.4. The Kier molecular flexibility index (Phi) is 6.46. The smallest absolute Gasteiger partial charge is 0.244 e. The fourth-order valence-corrected chi connectivity index (χ4v) is 2.47. The Morgan fingerprint density at radius 1 is 1.00 bits per heavy atom. The maximum atomic E-state index is 12.1. The lowest BCUT2D eigenvalue weighted by Crippen LogP contribution is -2.20. The number of nitrogens with one attached hydrogen (secondary N) is 1. The molecule has 0 aliphatic heterocycles. The zero-order valence-corrected chi connectivity index (χ0v) is 15.0. The number of hydrogen-bond donors (Lipinski definition) is 1. The number of amides is 1. The van der Waals surface area contributed by atoms with E-state index in [-0.39, 0.29) is 5.91 Å². The number of ether oxygens (including phenoxy) is 3. The summed E-state index contributed by atoms with van der Waals surface area (Å²) >= 11 is 0. The van der Waals surface area contributed by atoms with Gasteiger partial charge in [0.15, 0.2) is 11.5 Å². The van der Waals surface area contributed by atoms with Gasteiger partial charge in [-0.1, -0.05) is 24.3 Å². The highest BCUT2D eigenvalue weighted by molar-refractivity contribution is 5.92. The third kappa shape index (κ3) is 4.53. The van der Waals surface area contributed by atoms with Crippen LogP contribution in [-0.4, -0.2) is 27.2 Å². The quantitative estimate of drug-likeness (QED) is 0.785. The van der Waals surface area contributed by atoms with E-state index in [4.69, 9.17) is 14.2 Å². The minimum absolute atomic E-state index is 0.180. The van der Waals surface area contributed by atoms with E-state index in [9.17, 15) is 4.79 Å². The van der Waals surface area contributed by atoms with Crippen LogP contribution < -0.4 is 19.5 Å². The molecule has 0 aromatic heterocycles. The van der Waals surface area contributed by atoms with Gasteiger partial charge in [-0.2, -0.15) is 0 Å². The number of aryl methyl sites for hydroxylation is 1. The van der Waals surface area contributed by atoms with Gasteiger partial charge in [0.25, 0.3) is 0 Å². The topological polar surface area (TPSA) is 56.8 Å². The summed E-state index contributed by atoms with van der Waals surface area (Å²) in [6.07, 6.45) is 3.16. The second-order valence-corrected chi connectivity index (χ2v) is 5.40. The third-order valence-corrected chi connectivity index (χ3v) is 3.86. The van der Waals surface area contributed by atoms with Crippen LogP contribution in [-0.2, 0) is 11.3 Å². The van der Waals surface area contributed by atoms with Crippen LogP contribution in [0.25, 0.3) is 6.08 Å². The van der Waals surface area contributed by atoms with E-state index in [1.807, 2.05) is 37.3 Å². The lowest BCUT2D eigenvalue weighted by molar-refractivity contribution is -0.116. The molecule has 5 heteroatoms. The van der Waals surface area contributed by atoms with E-state index in [2.05, 4.69) is 5.32 Å². The van der Waals surface area contributed by atoms with E-state index >= 15 is 0 Å². The van der Waals surface area contributed by atoms with E-state index in [0.29, 0.717) is 23.8 Å². The third-order valence-electron chi connectivity index (χ3n) is 3.86. The molecule has 132 valence electrons. The molecule has 0 aliphatic rings. The Morgan fingerprint density at radius 3 is 2.36 bits per heavy atom. The van der Waals surface area contributed by atoms with Crippen molar-refractivity contribution in [2.75, 3.05) is 21.3 Å². The molecule has 2 aromatic rings. The van der Waals surface area contributed by atoms with Crippen molar-refractivity contribution < 1.29 is 19.0 Å². The van der Waals surface area contributed by atoms with Crippen LogP contribution in [0, 0.1) is 6.92 Å². The molecule has 0 fully saturated rings. The van der Waals surface area contributed by atoms with Gasteiger partial charge in [-0.3, -0.25) is 4.79 Å². The monoisotopic (exact) mass is 341 g/mol. The van der Waals surface area contributed by atoms with Crippen molar-refractivity contribution >= 4 is 12.0 Å². The van der Waals surface area contributed by atoms with Crippen molar-refractivity contribution in [1.82, 2.24) is 5.32 Å². The lowest BCUT2D eigenvalue weighted by Gasteiger charge is -2.14. The highest BCUT2D eigenvalue weighted by Crippen LogP contribution is 2.40. The Balaban J connectivity index is 2.10. The van der Waals surface area contributed by atoms with Gasteiger partial charge in [0.1, 0.15) is 0 Å². The first-order chi connectivity index (χ1) is 12.1. The number of methoxy groups -OCH3 is 3. The molecule has 0 unspecified atom stereocenters. The lowest BCUT2D eigenvalue weighted by atomic mass is 10.1. The standard InChI is InChI=1S/C20H23NO4/c1-14-7-5-6-8-16(14)13-21-18(22)12-10-15-9-11-17(23-2)20(25-4)19(15)24-3/h5-12H,13H2,1-4H3,(H,21,22)/b12-10+. The van der Waals surface area contributed by atoms with Crippen LogP contribution in [0.5, 0.6) is 17.2 Å². The second-order valence-electron chi connectivity index (χ2n) is 5.40. The van der Waals surface area contributed by atoms with Crippen LogP contribution in [0.4, 0.5) is 0 Å². The summed E-state index contributed by atoms with van der Waals surface area (Å²) in [5, 5.41) is 2.88. The molecular formula is C20H23NO4. The van der Waals surface area contributed by atoms with Gasteiger partial charge in [0.2, 0.25) is 11.7 Å². The van der Waals surface area contributed by atoms with Gasteiger partial charge in [-0.15, -0.1) is 0 Å². The van der Waals surface area contributed by atoms with Crippen LogP contribution >= 0.6 is 0 Å². The molecule has 25 heavy (non-hydrogen) atoms. The Hall–Kier alpha value is -2.95. The summed E-state index contributed by atoms with van der Waals surface area (Å²) in [4.78, 5) is 12.1. The van der Waals surface area contributed by atoms with Crippen molar-refractivity contribution in [2.45, 2.75) is 13.5 Å². The van der Waals surface area contributed by atoms with E-state index in [1.54, 1.807) is 33.5 Å². The highest BCUT2D eigenvalue weighted by atomic mass is 16.5. The van der Waals surface area contributed by atoms with Crippen LogP contribution in [0.1, 0.15) is 16.7 Å². The Morgan fingerprint density at radius 2 is 1.72 bits per heavy atom. The zero-order chi connectivity index (χ0) is 18.2. The molecule has 0 aliphatic carbocycles. The fourth-order valence-electron chi connectivity index (χ4n) is 2.47. The molecule has 0 atom stereocenters. The van der Waals surface area contributed by atoms with Crippen molar-refractivity contribution in [1.29, 1.82) is 0 Å². The first-order valence-corrected chi connectivity index (χ1v) is 7.90. The molecule has 2 aromatic carbocycles. The van der Waals surface area contributed by atoms with Crippen molar-refractivity contribution in [3.05, 3.63) is 59.2 Å². The van der Waals surface area contributed by atoms with E-state index in [0.717, 1.165) is 16.7 Å². The highest BCUT2D eigenvalue weighted by Gasteiger charge is 2.14. The van der Waals surface area contributed by atoms with Crippen molar-refractivity contribution in [3.63, 3.8) is 0 Å². The minimum Gasteiger partial charge on any atom is -0.493 e. The number of hydrogen-bond acceptors (Lipinski definition) is 4. The SMILES string of the molecule is COc1ccc(/C=C/C(=O)NCc2ccccc2C)c(OC)c1OC. The number of carbonyl (C=O) groups excluding carboxylic acids is 1. The van der Waals surface area contributed by atoms with Gasteiger partial charge in [0, 0.05) is 18.2 Å². The Labute approximate surface area is 148 Å². The molecule has 0 spiro atoms. The summed E-state index contributed by atoms with van der Waals surface area (Å²) in [7, 11) is 4.65. The summed E-state index contributed by atoms with van der Waals surface area (Å²) in [6, 6.07) is 11.5. The van der Waals surface area contributed by atoms with Gasteiger partial charge in [0.05, 0.1) is 21.3 Å². The summed E-state index contributed by atoms with van der Waals surface area (Å²) in [5.74, 6) is 1.40. The molecule has 1 amide bonds. The van der Waals surface area contributed by atoms with Gasteiger partial charge >= 0.3 is 0 Å². The predicted octanol–water partition coefficient (Wildman–Crippen LogP) is 3.35. The molecule has 1 N–H and O–H groups in total. The second kappa shape index (κ2) is 8.78. The number of benzene rings is 2. The van der Waals surface area contributed by atoms with Gasteiger partial charge in [-0.05, 0) is 36.3 Å². The van der Waals surface area contributed by atoms with E-state index in [1.165, 1.54) is 6.08 Å². The van der Waals surface area contributed by atoms with Crippen LogP contribution in [0.2, 0.25) is 0 Å². The zero-order valence-electron chi connectivity index (χ0n) is 15.0. The molecule has 0 bridgehead atoms. The fraction of sp³-hybridized carbons (Fsp3) is 0.250. The summed E-state index contributed by atoms with van der Waals surface area (Å²) < 4.78 is 16.0. The van der Waals surface area contributed by atoms with Crippen molar-refractivity contribution in [2.24, 2.45) is 0 Å². The largest absolute Gasteiger partial charge is 0.493 e. The van der Waals surface area contributed by atoms with E-state index < -0.39 is 0 Å². The summed E-state index contributed by atoms with van der Waals surface area (Å²) in [5.41, 5.74) is 2.97. The molecular weight excluding hydrogens is 318 g/mol. The molecule has 5 nitrogen and oxygen atoms in total. The van der Waals surface area contributed by atoms with Gasteiger partial charge in [-0.25, -0.2) is 0 Å².